The van der Waals surface area contributed by atoms with E-state index in [-0.39, 0.29) is 5.91 Å². The maximum atomic E-state index is 12.2. The number of unbranched alkanes of at least 4 members (excludes halogenated alkanes) is 4. The predicted molar refractivity (Wildman–Crippen MR) is 93.3 cm³/mol. The summed E-state index contributed by atoms with van der Waals surface area (Å²) in [6, 6.07) is 8.44. The number of carbonyl (C=O) groups is 1. The van der Waals surface area contributed by atoms with E-state index < -0.39 is 20.0 Å². The summed E-state index contributed by atoms with van der Waals surface area (Å²) in [6.45, 7) is 3.68. The number of phosphoric acid groups is 1. The van der Waals surface area contributed by atoms with Gasteiger partial charge in [0.05, 0.1) is 12.1 Å². The Morgan fingerprint density at radius 3 is 2.38 bits per heavy atom. The lowest BCUT2D eigenvalue weighted by atomic mass is 10.0. The Balaban J connectivity index is 2.65. The van der Waals surface area contributed by atoms with Crippen LogP contribution in [-0.2, 0) is 13.9 Å². The predicted octanol–water partition coefficient (Wildman–Crippen LogP) is 3.70. The van der Waals surface area contributed by atoms with Crippen LogP contribution in [0.25, 0.3) is 0 Å². The fourth-order valence-corrected chi connectivity index (χ4v) is 3.10. The van der Waals surface area contributed by atoms with Gasteiger partial charge < -0.3 is 15.1 Å². The number of phosphoric ester groups is 1. The Kier molecular flexibility index (Phi) is 9.22. The summed E-state index contributed by atoms with van der Waals surface area (Å²) in [6.07, 6.45) is 4.80. The van der Waals surface area contributed by atoms with Gasteiger partial charge in [0.25, 0.3) is 0 Å². The second-order valence-corrected chi connectivity index (χ2v) is 7.11. The first-order valence-corrected chi connectivity index (χ1v) is 9.94. The molecular formula is C17H28NO5P. The molecule has 0 aliphatic rings. The van der Waals surface area contributed by atoms with Gasteiger partial charge >= 0.3 is 7.82 Å². The van der Waals surface area contributed by atoms with E-state index in [9.17, 15) is 9.36 Å². The summed E-state index contributed by atoms with van der Waals surface area (Å²) in [5.41, 5.74) is 0.748. The number of carbonyl (C=O) groups excluding carboxylic acids is 1. The Morgan fingerprint density at radius 1 is 1.17 bits per heavy atom. The topological polar surface area (TPSA) is 95.9 Å². The van der Waals surface area contributed by atoms with Crippen LogP contribution < -0.4 is 5.32 Å². The molecule has 6 nitrogen and oxygen atoms in total. The van der Waals surface area contributed by atoms with E-state index in [2.05, 4.69) is 12.2 Å². The maximum Gasteiger partial charge on any atom is 0.469 e. The third kappa shape index (κ3) is 8.60. The van der Waals surface area contributed by atoms with Crippen LogP contribution in [-0.4, -0.2) is 21.8 Å². The highest BCUT2D eigenvalue weighted by molar-refractivity contribution is 7.46. The quantitative estimate of drug-likeness (QED) is 0.414. The molecule has 2 atom stereocenters. The van der Waals surface area contributed by atoms with Crippen LogP contribution in [0.4, 0.5) is 0 Å². The second kappa shape index (κ2) is 10.6. The molecule has 0 saturated carbocycles. The van der Waals surface area contributed by atoms with Crippen molar-refractivity contribution in [2.24, 2.45) is 0 Å². The van der Waals surface area contributed by atoms with E-state index >= 15 is 0 Å². The molecule has 24 heavy (non-hydrogen) atoms. The summed E-state index contributed by atoms with van der Waals surface area (Å²) >= 11 is 0. The van der Waals surface area contributed by atoms with Gasteiger partial charge in [-0.2, -0.15) is 0 Å². The van der Waals surface area contributed by atoms with E-state index in [4.69, 9.17) is 14.3 Å². The number of rotatable bonds is 11. The first-order valence-electron chi connectivity index (χ1n) is 8.41. The summed E-state index contributed by atoms with van der Waals surface area (Å²) in [7, 11) is -4.62. The first kappa shape index (κ1) is 20.8. The first-order chi connectivity index (χ1) is 11.3. The number of benzene rings is 1. The lowest BCUT2D eigenvalue weighted by molar-refractivity contribution is -0.122. The fraction of sp³-hybridized carbons (Fsp3) is 0.588. The van der Waals surface area contributed by atoms with Gasteiger partial charge in [0.1, 0.15) is 0 Å². The van der Waals surface area contributed by atoms with Gasteiger partial charge in [0.15, 0.2) is 0 Å². The van der Waals surface area contributed by atoms with Crippen LogP contribution in [0.1, 0.15) is 64.0 Å². The third-order valence-electron chi connectivity index (χ3n) is 3.76. The summed E-state index contributed by atoms with van der Waals surface area (Å²) in [5, 5.41) is 2.84. The van der Waals surface area contributed by atoms with Crippen LogP contribution in [0.15, 0.2) is 30.3 Å². The lowest BCUT2D eigenvalue weighted by Crippen LogP contribution is -2.35. The van der Waals surface area contributed by atoms with E-state index in [1.165, 1.54) is 13.3 Å². The van der Waals surface area contributed by atoms with Crippen molar-refractivity contribution in [3.05, 3.63) is 35.9 Å². The van der Waals surface area contributed by atoms with Crippen molar-refractivity contribution in [3.63, 3.8) is 0 Å². The Bertz CT molecular complexity index is 531. The molecule has 0 aromatic heterocycles. The zero-order valence-electron chi connectivity index (χ0n) is 14.4. The van der Waals surface area contributed by atoms with Gasteiger partial charge in [-0.1, -0.05) is 62.9 Å². The normalized spacial score (nSPS) is 14.2. The van der Waals surface area contributed by atoms with Crippen LogP contribution in [0.2, 0.25) is 0 Å². The number of amides is 1. The monoisotopic (exact) mass is 357 g/mol. The van der Waals surface area contributed by atoms with E-state index in [0.717, 1.165) is 31.2 Å². The average molecular weight is 357 g/mol. The molecule has 1 amide bonds. The molecule has 0 radical (unpaired) electrons. The second-order valence-electron chi connectivity index (χ2n) is 5.92. The molecule has 0 fully saturated rings. The summed E-state index contributed by atoms with van der Waals surface area (Å²) < 4.78 is 15.9. The molecule has 1 aromatic carbocycles. The van der Waals surface area contributed by atoms with Gasteiger partial charge in [0, 0.05) is 6.42 Å². The molecule has 7 heteroatoms. The average Bonchev–Trinajstić information content (AvgIpc) is 2.51. The van der Waals surface area contributed by atoms with E-state index in [1.807, 2.05) is 18.2 Å². The molecule has 136 valence electrons. The van der Waals surface area contributed by atoms with E-state index in [1.54, 1.807) is 12.1 Å². The van der Waals surface area contributed by atoms with Crippen LogP contribution in [0.5, 0.6) is 0 Å². The Morgan fingerprint density at radius 2 is 1.79 bits per heavy atom. The molecular weight excluding hydrogens is 329 g/mol. The van der Waals surface area contributed by atoms with Gasteiger partial charge in [-0.25, -0.2) is 4.57 Å². The van der Waals surface area contributed by atoms with Gasteiger partial charge in [-0.15, -0.1) is 0 Å². The highest BCUT2D eigenvalue weighted by atomic mass is 31.2. The highest BCUT2D eigenvalue weighted by Gasteiger charge is 2.28. The largest absolute Gasteiger partial charge is 0.469 e. The molecule has 3 N–H and O–H groups in total. The Labute approximate surface area is 143 Å². The molecule has 1 aromatic rings. The molecule has 0 aliphatic carbocycles. The van der Waals surface area contributed by atoms with Gasteiger partial charge in [-0.05, 0) is 18.9 Å². The van der Waals surface area contributed by atoms with Crippen molar-refractivity contribution < 1.29 is 23.7 Å². The standard InChI is InChI=1S/C17H28NO5P/c1-3-4-5-6-10-13-16(19)18-17(14(2)23-24(20,21)22)15-11-8-7-9-12-15/h7-9,11-12,14,17H,3-6,10,13H2,1-2H3,(H,18,19)(H2,20,21,22)/t14-,17+/m1/s1. The number of nitrogens with one attached hydrogen (secondary N) is 1. The Hall–Kier alpha value is -1.20. The van der Waals surface area contributed by atoms with Crippen molar-refractivity contribution in [3.8, 4) is 0 Å². The van der Waals surface area contributed by atoms with Crippen molar-refractivity contribution in [1.82, 2.24) is 5.32 Å². The molecule has 1 rings (SSSR count). The molecule has 0 heterocycles. The fourth-order valence-electron chi connectivity index (χ4n) is 2.54. The molecule has 0 saturated heterocycles. The maximum absolute atomic E-state index is 12.2. The van der Waals surface area contributed by atoms with Crippen molar-refractivity contribution >= 4 is 13.7 Å². The molecule has 0 bridgehead atoms. The van der Waals surface area contributed by atoms with Crippen molar-refractivity contribution in [1.29, 1.82) is 0 Å². The van der Waals surface area contributed by atoms with Crippen LogP contribution in [0.3, 0.4) is 0 Å². The number of hydrogen-bond acceptors (Lipinski definition) is 3. The SMILES string of the molecule is CCCCCCCC(=O)N[C@H](c1ccccc1)[C@@H](C)OP(=O)(O)O. The zero-order chi connectivity index (χ0) is 18.0. The molecule has 0 unspecified atom stereocenters. The summed E-state index contributed by atoms with van der Waals surface area (Å²) in [4.78, 5) is 30.2. The summed E-state index contributed by atoms with van der Waals surface area (Å²) in [5.74, 6) is -0.137. The molecule has 0 spiro atoms. The van der Waals surface area contributed by atoms with Crippen molar-refractivity contribution in [2.75, 3.05) is 0 Å². The van der Waals surface area contributed by atoms with Gasteiger partial charge in [-0.3, -0.25) is 9.32 Å². The minimum atomic E-state index is -4.62. The van der Waals surface area contributed by atoms with E-state index in [0.29, 0.717) is 6.42 Å². The minimum absolute atomic E-state index is 0.137. The molecule has 0 aliphatic heterocycles. The lowest BCUT2D eigenvalue weighted by Gasteiger charge is -2.26. The third-order valence-corrected chi connectivity index (χ3v) is 4.36. The van der Waals surface area contributed by atoms with Gasteiger partial charge in [0.2, 0.25) is 5.91 Å². The van der Waals surface area contributed by atoms with Crippen LogP contribution in [0, 0.1) is 0 Å². The zero-order valence-corrected chi connectivity index (χ0v) is 15.2. The number of hydrogen-bond donors (Lipinski definition) is 3. The van der Waals surface area contributed by atoms with Crippen molar-refractivity contribution in [2.45, 2.75) is 64.5 Å². The smallest absolute Gasteiger partial charge is 0.347 e. The van der Waals surface area contributed by atoms with Crippen LogP contribution >= 0.6 is 7.82 Å². The minimum Gasteiger partial charge on any atom is -0.347 e. The highest BCUT2D eigenvalue weighted by Crippen LogP contribution is 2.40.